The summed E-state index contributed by atoms with van der Waals surface area (Å²) in [5, 5.41) is 11.0. The Morgan fingerprint density at radius 3 is 2.52 bits per heavy atom. The fraction of sp³-hybridized carbons (Fsp3) is 0.0769. The first kappa shape index (κ1) is 19.3. The van der Waals surface area contributed by atoms with Gasteiger partial charge in [0.15, 0.2) is 11.5 Å². The highest BCUT2D eigenvalue weighted by Gasteiger charge is 2.15. The lowest BCUT2D eigenvalue weighted by atomic mass is 10.1. The van der Waals surface area contributed by atoms with Gasteiger partial charge in [-0.25, -0.2) is 9.97 Å². The van der Waals surface area contributed by atoms with Crippen molar-refractivity contribution in [1.29, 1.82) is 0 Å². The maximum atomic E-state index is 4.91. The smallest absolute Gasteiger partial charge is 0.161 e. The standard InChI is InChI=1S/C26H21N7/c1-2-6-17(7-3-1)13-27-14-18-12-19(16-28-15-18)20-10-11-23-24(29-20)25(33-32-23)26-30-21-8-4-5-9-22(21)31-26/h1-12,15-16,27H,13-14H2,(H,30,31)(H,32,33). The second-order valence-electron chi connectivity index (χ2n) is 7.94. The summed E-state index contributed by atoms with van der Waals surface area (Å²) in [6, 6.07) is 24.4. The largest absolute Gasteiger partial charge is 0.337 e. The summed E-state index contributed by atoms with van der Waals surface area (Å²) in [4.78, 5) is 17.4. The lowest BCUT2D eigenvalue weighted by Crippen LogP contribution is -2.12. The Morgan fingerprint density at radius 2 is 1.61 bits per heavy atom. The van der Waals surface area contributed by atoms with Crippen molar-refractivity contribution >= 4 is 22.1 Å². The molecule has 0 saturated carbocycles. The summed E-state index contributed by atoms with van der Waals surface area (Å²) >= 11 is 0. The van der Waals surface area contributed by atoms with Gasteiger partial charge in [-0.2, -0.15) is 5.10 Å². The topological polar surface area (TPSA) is 95.2 Å². The van der Waals surface area contributed by atoms with Gasteiger partial charge in [-0.05, 0) is 41.5 Å². The molecule has 6 rings (SSSR count). The summed E-state index contributed by atoms with van der Waals surface area (Å²) in [7, 11) is 0. The maximum absolute atomic E-state index is 4.91. The second kappa shape index (κ2) is 8.29. The highest BCUT2D eigenvalue weighted by atomic mass is 15.1. The first-order chi connectivity index (χ1) is 16.3. The SMILES string of the molecule is c1ccc(CNCc2cncc(-c3ccc4[nH]nc(-c5nc6ccccc6[nH]5)c4n3)c2)cc1. The number of aromatic amines is 2. The van der Waals surface area contributed by atoms with E-state index in [1.807, 2.05) is 54.9 Å². The van der Waals surface area contributed by atoms with Crippen molar-refractivity contribution in [2.45, 2.75) is 13.1 Å². The molecule has 0 aliphatic rings. The molecule has 2 aromatic carbocycles. The fourth-order valence-corrected chi connectivity index (χ4v) is 3.96. The third kappa shape index (κ3) is 3.86. The minimum atomic E-state index is 0.698. The first-order valence-corrected chi connectivity index (χ1v) is 10.8. The predicted octanol–water partition coefficient (Wildman–Crippen LogP) is 4.85. The Kier molecular flexibility index (Phi) is 4.86. The first-order valence-electron chi connectivity index (χ1n) is 10.8. The van der Waals surface area contributed by atoms with E-state index in [1.165, 1.54) is 5.56 Å². The zero-order valence-electron chi connectivity index (χ0n) is 17.8. The quantitative estimate of drug-likeness (QED) is 0.350. The van der Waals surface area contributed by atoms with E-state index < -0.39 is 0 Å². The van der Waals surface area contributed by atoms with Crippen molar-refractivity contribution in [2.24, 2.45) is 0 Å². The van der Waals surface area contributed by atoms with E-state index in [0.717, 1.165) is 52.0 Å². The molecular formula is C26H21N7. The molecule has 0 saturated heterocycles. The van der Waals surface area contributed by atoms with Crippen molar-refractivity contribution in [1.82, 2.24) is 35.5 Å². The molecule has 6 aromatic rings. The van der Waals surface area contributed by atoms with E-state index in [2.05, 4.69) is 60.8 Å². The highest BCUT2D eigenvalue weighted by molar-refractivity contribution is 5.91. The van der Waals surface area contributed by atoms with Gasteiger partial charge in [-0.1, -0.05) is 42.5 Å². The summed E-state index contributed by atoms with van der Waals surface area (Å²) in [6.45, 7) is 1.54. The molecule has 3 N–H and O–H groups in total. The average molecular weight is 432 g/mol. The molecular weight excluding hydrogens is 410 g/mol. The van der Waals surface area contributed by atoms with Gasteiger partial charge in [0, 0.05) is 31.0 Å². The van der Waals surface area contributed by atoms with Crippen LogP contribution in [0.25, 0.3) is 44.8 Å². The number of pyridine rings is 2. The molecule has 0 radical (unpaired) electrons. The van der Waals surface area contributed by atoms with Crippen molar-refractivity contribution < 1.29 is 0 Å². The van der Waals surface area contributed by atoms with Crippen LogP contribution in [0.15, 0.2) is 85.2 Å². The van der Waals surface area contributed by atoms with Crippen LogP contribution < -0.4 is 5.32 Å². The molecule has 0 aliphatic carbocycles. The van der Waals surface area contributed by atoms with Crippen LogP contribution >= 0.6 is 0 Å². The number of nitrogens with zero attached hydrogens (tertiary/aromatic N) is 4. The number of benzene rings is 2. The van der Waals surface area contributed by atoms with Gasteiger partial charge >= 0.3 is 0 Å². The zero-order chi connectivity index (χ0) is 22.0. The monoisotopic (exact) mass is 431 g/mol. The third-order valence-corrected chi connectivity index (χ3v) is 5.61. The zero-order valence-corrected chi connectivity index (χ0v) is 17.8. The lowest BCUT2D eigenvalue weighted by molar-refractivity contribution is 0.691. The molecule has 7 heteroatoms. The molecule has 7 nitrogen and oxygen atoms in total. The highest BCUT2D eigenvalue weighted by Crippen LogP contribution is 2.27. The summed E-state index contributed by atoms with van der Waals surface area (Å²) in [5.74, 6) is 0.698. The van der Waals surface area contributed by atoms with Crippen LogP contribution in [0.5, 0.6) is 0 Å². The Bertz CT molecular complexity index is 1520. The Labute approximate surface area is 190 Å². The normalized spacial score (nSPS) is 11.4. The van der Waals surface area contributed by atoms with Crippen LogP contribution in [0.2, 0.25) is 0 Å². The number of H-pyrrole nitrogens is 2. The van der Waals surface area contributed by atoms with E-state index >= 15 is 0 Å². The number of imidazole rings is 1. The van der Waals surface area contributed by atoms with Gasteiger partial charge in [0.05, 0.1) is 22.2 Å². The second-order valence-corrected chi connectivity index (χ2v) is 7.94. The molecule has 0 unspecified atom stereocenters. The Hall–Kier alpha value is -4.36. The van der Waals surface area contributed by atoms with Crippen molar-refractivity contribution in [2.75, 3.05) is 0 Å². The van der Waals surface area contributed by atoms with Gasteiger partial charge in [0.25, 0.3) is 0 Å². The van der Waals surface area contributed by atoms with Crippen LogP contribution in [0, 0.1) is 0 Å². The third-order valence-electron chi connectivity index (χ3n) is 5.61. The molecule has 0 atom stereocenters. The lowest BCUT2D eigenvalue weighted by Gasteiger charge is -2.07. The summed E-state index contributed by atoms with van der Waals surface area (Å²) < 4.78 is 0. The molecule has 0 fully saturated rings. The van der Waals surface area contributed by atoms with E-state index in [0.29, 0.717) is 11.5 Å². The number of hydrogen-bond acceptors (Lipinski definition) is 5. The summed E-state index contributed by atoms with van der Waals surface area (Å²) in [6.07, 6.45) is 3.73. The van der Waals surface area contributed by atoms with Crippen molar-refractivity contribution in [3.63, 3.8) is 0 Å². The van der Waals surface area contributed by atoms with Gasteiger partial charge in [-0.15, -0.1) is 0 Å². The molecule has 0 bridgehead atoms. The number of aromatic nitrogens is 6. The Morgan fingerprint density at radius 1 is 0.758 bits per heavy atom. The van der Waals surface area contributed by atoms with E-state index in [4.69, 9.17) is 4.98 Å². The number of hydrogen-bond donors (Lipinski definition) is 3. The minimum Gasteiger partial charge on any atom is -0.337 e. The molecule has 4 heterocycles. The van der Waals surface area contributed by atoms with E-state index in [9.17, 15) is 0 Å². The average Bonchev–Trinajstić information content (AvgIpc) is 3.48. The van der Waals surface area contributed by atoms with Crippen LogP contribution in [0.3, 0.4) is 0 Å². The van der Waals surface area contributed by atoms with E-state index in [1.54, 1.807) is 0 Å². The van der Waals surface area contributed by atoms with E-state index in [-0.39, 0.29) is 0 Å². The number of para-hydroxylation sites is 2. The van der Waals surface area contributed by atoms with Crippen LogP contribution in [0.4, 0.5) is 0 Å². The molecule has 33 heavy (non-hydrogen) atoms. The fourth-order valence-electron chi connectivity index (χ4n) is 3.96. The number of nitrogens with one attached hydrogen (secondary N) is 3. The maximum Gasteiger partial charge on any atom is 0.161 e. The molecule has 0 spiro atoms. The van der Waals surface area contributed by atoms with Crippen molar-refractivity contribution in [3.8, 4) is 22.8 Å². The minimum absolute atomic E-state index is 0.698. The van der Waals surface area contributed by atoms with Gasteiger partial charge in [-0.3, -0.25) is 10.1 Å². The molecule has 4 aromatic heterocycles. The predicted molar refractivity (Wildman–Crippen MR) is 129 cm³/mol. The Balaban J connectivity index is 1.28. The van der Waals surface area contributed by atoms with Crippen LogP contribution in [-0.4, -0.2) is 30.1 Å². The molecule has 0 aliphatic heterocycles. The number of fused-ring (bicyclic) bond motifs is 2. The molecule has 0 amide bonds. The van der Waals surface area contributed by atoms with Crippen molar-refractivity contribution in [3.05, 3.63) is 96.3 Å². The number of rotatable bonds is 6. The van der Waals surface area contributed by atoms with Crippen LogP contribution in [-0.2, 0) is 13.1 Å². The van der Waals surface area contributed by atoms with Gasteiger partial charge in [0.2, 0.25) is 0 Å². The van der Waals surface area contributed by atoms with Crippen LogP contribution in [0.1, 0.15) is 11.1 Å². The van der Waals surface area contributed by atoms with Gasteiger partial charge in [0.1, 0.15) is 5.52 Å². The van der Waals surface area contributed by atoms with Gasteiger partial charge < -0.3 is 10.3 Å². The summed E-state index contributed by atoms with van der Waals surface area (Å²) in [5.41, 5.74) is 8.39. The molecule has 160 valence electrons.